The van der Waals surface area contributed by atoms with E-state index in [1.54, 1.807) is 49.3 Å². The van der Waals surface area contributed by atoms with Crippen LogP contribution < -0.4 is 54.0 Å². The third-order valence-corrected chi connectivity index (χ3v) is 30.6. The molecule has 0 radical (unpaired) electrons. The molecule has 10 atom stereocenters. The number of alkyl carbamates (subject to hydrolysis) is 2. The first kappa shape index (κ1) is 131. The normalized spacial score (nSPS) is 16.1. The minimum absolute atomic E-state index is 0.00291. The Bertz CT molecular complexity index is 4300. The van der Waals surface area contributed by atoms with Crippen LogP contribution in [0.5, 0.6) is 0 Å². The highest BCUT2D eigenvalue weighted by Gasteiger charge is 2.37. The van der Waals surface area contributed by atoms with Crippen LogP contribution >= 0.6 is 44.7 Å². The van der Waals surface area contributed by atoms with Crippen molar-refractivity contribution in [3.05, 3.63) is 69.8 Å². The molecule has 48 nitrogen and oxygen atoms in total. The van der Waals surface area contributed by atoms with E-state index in [1.165, 1.54) is 28.4 Å². The van der Waals surface area contributed by atoms with E-state index in [4.69, 9.17) is 49.4 Å². The first-order chi connectivity index (χ1) is 70.5. The smallest absolute Gasteiger partial charge is 0.407 e. The molecule has 2 aromatic rings. The second kappa shape index (κ2) is 74.9. The minimum atomic E-state index is -3.16. The minimum Gasteiger partial charge on any atom is -0.481 e. The van der Waals surface area contributed by atoms with Crippen molar-refractivity contribution in [1.82, 2.24) is 62.1 Å². The highest BCUT2D eigenvalue weighted by atomic mass is 32.3. The number of nitrogens with zero attached hydrogens (tertiary/aromatic N) is 4. The average Bonchev–Trinajstić information content (AvgIpc) is 0.800. The summed E-state index contributed by atoms with van der Waals surface area (Å²) in [6, 6.07) is 11.1. The van der Waals surface area contributed by atoms with Crippen LogP contribution in [0.4, 0.5) is 9.59 Å². The van der Waals surface area contributed by atoms with Gasteiger partial charge in [-0.15, -0.1) is 0 Å². The number of aliphatic hydroxyl groups is 1. The third-order valence-electron chi connectivity index (χ3n) is 24.7. The number of hydrogen-bond donors (Lipinski definition) is 21. The summed E-state index contributed by atoms with van der Waals surface area (Å²) < 4.78 is 86.5. The fraction of sp³-hybridized carbons (Fsp3) is 0.719. The molecular weight excluding hydrogens is 2020 g/mol. The monoisotopic (exact) mass is 2180 g/mol. The summed E-state index contributed by atoms with van der Waals surface area (Å²) >= 11 is 2.69. The van der Waals surface area contributed by atoms with Crippen molar-refractivity contribution in [1.29, 1.82) is 0 Å². The molecule has 1 fully saturated rings. The maximum atomic E-state index is 15.1. The van der Waals surface area contributed by atoms with Crippen molar-refractivity contribution >= 4 is 134 Å². The van der Waals surface area contributed by atoms with Gasteiger partial charge in [0.05, 0.1) is 147 Å². The van der Waals surface area contributed by atoms with Gasteiger partial charge in [0.25, 0.3) is 0 Å². The SMILES string of the molecule is CC(O)NCCSCCS(O)(O)CCOC(=O)NCCOCCOCCNC(=O)C(CC(C)C(=O)NCCOCCOCCNCC(=O)N1CCN(CC(=O)O)CCN(CC(=O)O)CCN(CC(=O)O)CC1)CC(CC(CC(CC(C)C(=O)O)c1ccc2c(c1)CCc1ccc(C(CC(C)C(=O)O)CC(C)C(=O)O)cc1CC2)C(N)=O)C(=O)NCCOCCOCCNC(=O)OCCS(O)(O)CCSCC(C=O)NC(=O)CN. The number of aliphatic carboxylic acids is 6. The number of nitrogens with one attached hydrogen (secondary N) is 8. The maximum absolute atomic E-state index is 15.1. The lowest BCUT2D eigenvalue weighted by Crippen LogP contribution is -2.50. The molecule has 1 aliphatic carbocycles. The number of amides is 8. The molecule has 0 saturated carbocycles. The zero-order valence-electron chi connectivity index (χ0n) is 85.8. The van der Waals surface area contributed by atoms with Crippen LogP contribution in [0.25, 0.3) is 0 Å². The average molecular weight is 2180 g/mol. The third kappa shape index (κ3) is 59.1. The predicted octanol–water partition coefficient (Wildman–Crippen LogP) is 1.63. The van der Waals surface area contributed by atoms with Gasteiger partial charge in [0.15, 0.2) is 0 Å². The molecule has 2 aromatic carbocycles. The lowest BCUT2D eigenvalue weighted by atomic mass is 9.76. The van der Waals surface area contributed by atoms with E-state index in [1.807, 2.05) is 30.3 Å². The molecule has 1 aliphatic heterocycles. The van der Waals surface area contributed by atoms with Crippen LogP contribution in [0.2, 0.25) is 0 Å². The second-order valence-electron chi connectivity index (χ2n) is 36.7. The van der Waals surface area contributed by atoms with Crippen LogP contribution in [0.3, 0.4) is 0 Å². The Balaban J connectivity index is 1.54. The van der Waals surface area contributed by atoms with Crippen LogP contribution in [-0.4, -0.2) is 445 Å². The number of aliphatic hydroxyl groups excluding tert-OH is 1. The Kier molecular flexibility index (Phi) is 66.4. The number of thioether (sulfide) groups is 2. The molecule has 4 rings (SSSR count). The molecule has 2 aliphatic rings. The summed E-state index contributed by atoms with van der Waals surface area (Å²) in [4.78, 5) is 198. The van der Waals surface area contributed by atoms with Crippen molar-refractivity contribution < 1.29 is 164 Å². The van der Waals surface area contributed by atoms with Gasteiger partial charge in [-0.25, -0.2) is 9.59 Å². The number of carbonyl (C=O) groups excluding carboxylic acids is 9. The molecule has 0 bridgehead atoms. The van der Waals surface area contributed by atoms with Crippen molar-refractivity contribution in [2.24, 2.45) is 52.9 Å². The maximum Gasteiger partial charge on any atom is 0.407 e. The largest absolute Gasteiger partial charge is 0.481 e. The van der Waals surface area contributed by atoms with E-state index < -0.39 is 158 Å². The quantitative estimate of drug-likeness (QED) is 0.0254. The van der Waals surface area contributed by atoms with E-state index in [9.17, 15) is 121 Å². The van der Waals surface area contributed by atoms with Crippen LogP contribution in [0, 0.1) is 41.4 Å². The topological polar surface area (TPSA) is 714 Å². The Labute approximate surface area is 877 Å². The zero-order chi connectivity index (χ0) is 109. The standard InChI is InChI=1S/C96H162N14O34S4/c1-66(89(122)101-15-30-138-36-35-137-29-14-99-60-84(114)110-27-25-108(62-86(117)118)23-21-107(61-85(115)116)22-24-109(26-28-110)63-87(119)120)50-80(90(123)102-16-31-139-37-39-141-33-18-104-95(131)143-41-46-147(133,134)48-44-145-43-20-100-70(5)112)58-81(91(124)103-17-32-140-38-40-142-34-19-105-96(132)144-42-47-148(135,136)49-45-146-65-82(64-111)106-83(113)59-97)57-79(88(98)121)56-78(53-69(4)94(129)130)76-13-9-72-6-10-73-54-75(12-8-71(73)7-11-74(72)55-76)77(51-67(2)92(125)126)52-68(3)93(127)128/h8-9,12-13,54-55,64,66-70,77-82,99-100,112,133-136H,6-7,10-11,14-53,56-63,65,97H2,1-5H3,(H2,98,121)(H,101,122)(H,102,123)(H,103,124)(H,104,131)(H,105,132)(H,106,113)(H,115,116)(H,117,118)(H,119,120)(H,125,126)(H,127,128)(H,129,130). The summed E-state index contributed by atoms with van der Waals surface area (Å²) in [5.74, 6) is -16.4. The van der Waals surface area contributed by atoms with Crippen LogP contribution in [0.1, 0.15) is 125 Å². The number of carboxylic acids is 6. The van der Waals surface area contributed by atoms with Gasteiger partial charge in [0, 0.05) is 156 Å². The van der Waals surface area contributed by atoms with Crippen molar-refractivity contribution in [2.75, 3.05) is 269 Å². The highest BCUT2D eigenvalue weighted by molar-refractivity contribution is 8.25. The first-order valence-corrected chi connectivity index (χ1v) is 56.2. The number of rotatable bonds is 79. The Hall–Kier alpha value is -8.99. The van der Waals surface area contributed by atoms with Gasteiger partial charge in [-0.05, 0) is 123 Å². The predicted molar refractivity (Wildman–Crippen MR) is 556 cm³/mol. The number of carboxylic acid groups (broad SMARTS) is 6. The lowest BCUT2D eigenvalue weighted by Gasteiger charge is -2.33. The van der Waals surface area contributed by atoms with Crippen molar-refractivity contribution in [3.63, 3.8) is 0 Å². The lowest BCUT2D eigenvalue weighted by molar-refractivity contribution is -0.143. The molecule has 1 saturated heterocycles. The van der Waals surface area contributed by atoms with Crippen LogP contribution in [0.15, 0.2) is 36.4 Å². The number of nitrogens with two attached hydrogens (primary N) is 2. The number of primary amides is 1. The fourth-order valence-electron chi connectivity index (χ4n) is 16.3. The fourth-order valence-corrected chi connectivity index (χ4v) is 21.5. The van der Waals surface area contributed by atoms with Gasteiger partial charge in [0.2, 0.25) is 35.4 Å². The van der Waals surface area contributed by atoms with Gasteiger partial charge >= 0.3 is 48.0 Å². The molecule has 52 heteroatoms. The molecule has 148 heavy (non-hydrogen) atoms. The number of fused-ring (bicyclic) bond motifs is 2. The van der Waals surface area contributed by atoms with E-state index in [-0.39, 0.29) is 308 Å². The van der Waals surface area contributed by atoms with Crippen molar-refractivity contribution in [3.8, 4) is 0 Å². The van der Waals surface area contributed by atoms with E-state index >= 15 is 4.79 Å². The number of ether oxygens (including phenoxy) is 8. The second-order valence-corrected chi connectivity index (χ2v) is 43.9. The zero-order valence-corrected chi connectivity index (χ0v) is 89.0. The van der Waals surface area contributed by atoms with Gasteiger partial charge < -0.3 is 132 Å². The summed E-state index contributed by atoms with van der Waals surface area (Å²) in [5.41, 5.74) is 17.3. The molecule has 0 spiro atoms. The number of carbonyl (C=O) groups is 15. The molecule has 0 aromatic heterocycles. The van der Waals surface area contributed by atoms with Crippen molar-refractivity contribution in [2.45, 2.75) is 129 Å². The number of aryl methyl sites for hydroxylation is 4. The molecule has 23 N–H and O–H groups in total. The van der Waals surface area contributed by atoms with Crippen LogP contribution in [-0.2, 0) is 126 Å². The number of aldehydes is 1. The molecule has 1 heterocycles. The molecular formula is C96H162N14O34S4. The molecule has 8 amide bonds. The first-order valence-electron chi connectivity index (χ1n) is 50.1. The number of hydrogen-bond acceptors (Lipinski definition) is 36. The number of benzene rings is 2. The van der Waals surface area contributed by atoms with E-state index in [2.05, 4.69) is 48.6 Å². The summed E-state index contributed by atoms with van der Waals surface area (Å²) in [5, 5.41) is 90.3. The molecule has 844 valence electrons. The highest BCUT2D eigenvalue weighted by Crippen LogP contribution is 2.41. The van der Waals surface area contributed by atoms with Gasteiger partial charge in [0.1, 0.15) is 25.7 Å². The van der Waals surface area contributed by atoms with Gasteiger partial charge in [-0.2, -0.15) is 44.7 Å². The van der Waals surface area contributed by atoms with E-state index in [0.29, 0.717) is 55.6 Å². The van der Waals surface area contributed by atoms with E-state index in [0.717, 1.165) is 27.8 Å². The van der Waals surface area contributed by atoms with Gasteiger partial charge in [-0.1, -0.05) is 64.1 Å². The summed E-state index contributed by atoms with van der Waals surface area (Å²) in [6.45, 7) is 8.12. The summed E-state index contributed by atoms with van der Waals surface area (Å²) in [7, 11) is -6.17. The Morgan fingerprint density at radius 2 is 0.791 bits per heavy atom. The Morgan fingerprint density at radius 1 is 0.419 bits per heavy atom. The summed E-state index contributed by atoms with van der Waals surface area (Å²) in [6.07, 6.45) is 0.300. The Morgan fingerprint density at radius 3 is 1.18 bits per heavy atom. The molecule has 10 unspecified atom stereocenters. The van der Waals surface area contributed by atoms with Gasteiger partial charge in [-0.3, -0.25) is 95.8 Å².